The summed E-state index contributed by atoms with van der Waals surface area (Å²) in [5, 5.41) is -0.312. The molecule has 0 atom stereocenters. The highest BCUT2D eigenvalue weighted by molar-refractivity contribution is 6.31. The van der Waals surface area contributed by atoms with Crippen LogP contribution < -0.4 is 4.74 Å². The van der Waals surface area contributed by atoms with Gasteiger partial charge < -0.3 is 4.74 Å². The minimum absolute atomic E-state index is 0.0375. The molecule has 0 saturated heterocycles. The quantitative estimate of drug-likeness (QED) is 0.517. The van der Waals surface area contributed by atoms with Crippen LogP contribution >= 0.6 is 11.6 Å². The van der Waals surface area contributed by atoms with Crippen LogP contribution in [0, 0.1) is 0 Å². The third-order valence-corrected chi connectivity index (χ3v) is 4.96. The van der Waals surface area contributed by atoms with Crippen LogP contribution in [0.2, 0.25) is 5.02 Å². The first-order valence-corrected chi connectivity index (χ1v) is 9.41. The van der Waals surface area contributed by atoms with Gasteiger partial charge >= 0.3 is 6.18 Å². The second kappa shape index (κ2) is 8.79. The van der Waals surface area contributed by atoms with E-state index in [1.165, 1.54) is 31.4 Å². The van der Waals surface area contributed by atoms with Crippen LogP contribution in [-0.2, 0) is 12.8 Å². The highest BCUT2D eigenvalue weighted by Gasteiger charge is 2.33. The van der Waals surface area contributed by atoms with E-state index in [1.807, 2.05) is 18.3 Å². The van der Waals surface area contributed by atoms with Crippen LogP contribution in [0.4, 0.5) is 13.2 Å². The molecule has 144 valence electrons. The summed E-state index contributed by atoms with van der Waals surface area (Å²) in [6, 6.07) is 11.6. The fourth-order valence-electron chi connectivity index (χ4n) is 3.12. The number of benzene rings is 2. The predicted octanol–water partition coefficient (Wildman–Crippen LogP) is 6.69. The van der Waals surface area contributed by atoms with Crippen LogP contribution in [0.1, 0.15) is 48.8 Å². The number of nitrogens with zero attached hydrogens (tertiary/aromatic N) is 1. The molecule has 1 aliphatic rings. The van der Waals surface area contributed by atoms with E-state index in [-0.39, 0.29) is 11.6 Å². The third-order valence-electron chi connectivity index (χ3n) is 4.63. The van der Waals surface area contributed by atoms with Crippen molar-refractivity contribution in [3.8, 4) is 5.75 Å². The van der Waals surface area contributed by atoms with Gasteiger partial charge in [0.1, 0.15) is 12.4 Å². The lowest BCUT2D eigenvalue weighted by atomic mass is 9.96. The summed E-state index contributed by atoms with van der Waals surface area (Å²) in [4.78, 5) is 4.63. The molecule has 1 aliphatic carbocycles. The largest absolute Gasteiger partial charge is 0.489 e. The minimum atomic E-state index is -4.48. The Morgan fingerprint density at radius 3 is 2.41 bits per heavy atom. The smallest absolute Gasteiger partial charge is 0.417 e. The SMILES string of the molecule is FC(F)(F)c1cc(COc2ccc(/C=N/C3CCCCC3)cc2)ccc1Cl. The van der Waals surface area contributed by atoms with E-state index in [4.69, 9.17) is 16.3 Å². The van der Waals surface area contributed by atoms with Crippen LogP contribution in [0.3, 0.4) is 0 Å². The van der Waals surface area contributed by atoms with Crippen LogP contribution in [-0.4, -0.2) is 12.3 Å². The average Bonchev–Trinajstić information content (AvgIpc) is 2.66. The number of halogens is 4. The Morgan fingerprint density at radius 1 is 1.04 bits per heavy atom. The number of hydrogen-bond acceptors (Lipinski definition) is 2. The van der Waals surface area contributed by atoms with Gasteiger partial charge in [-0.1, -0.05) is 36.9 Å². The summed E-state index contributed by atoms with van der Waals surface area (Å²) in [5.74, 6) is 0.591. The molecule has 1 fully saturated rings. The zero-order chi connectivity index (χ0) is 19.3. The summed E-state index contributed by atoms with van der Waals surface area (Å²) in [6.07, 6.45) is 3.50. The zero-order valence-electron chi connectivity index (χ0n) is 14.8. The summed E-state index contributed by atoms with van der Waals surface area (Å²) in [6.45, 7) is 0.0375. The maximum atomic E-state index is 12.9. The summed E-state index contributed by atoms with van der Waals surface area (Å²) >= 11 is 5.63. The second-order valence-corrected chi connectivity index (χ2v) is 7.15. The molecule has 3 rings (SSSR count). The van der Waals surface area contributed by atoms with Crippen molar-refractivity contribution in [3.63, 3.8) is 0 Å². The molecule has 0 bridgehead atoms. The Bertz CT molecular complexity index is 781. The molecule has 0 aromatic heterocycles. The normalized spacial score (nSPS) is 16.0. The molecule has 0 aliphatic heterocycles. The first-order chi connectivity index (χ1) is 12.9. The van der Waals surface area contributed by atoms with Crippen LogP contribution in [0.5, 0.6) is 5.75 Å². The van der Waals surface area contributed by atoms with E-state index in [1.54, 1.807) is 12.1 Å². The van der Waals surface area contributed by atoms with Crippen molar-refractivity contribution in [2.75, 3.05) is 0 Å². The number of rotatable bonds is 5. The molecule has 0 heterocycles. The second-order valence-electron chi connectivity index (χ2n) is 6.74. The van der Waals surface area contributed by atoms with Gasteiger partial charge in [-0.3, -0.25) is 4.99 Å². The van der Waals surface area contributed by atoms with E-state index in [0.29, 0.717) is 17.4 Å². The van der Waals surface area contributed by atoms with Crippen LogP contribution in [0.15, 0.2) is 47.5 Å². The molecular weight excluding hydrogens is 375 g/mol. The fraction of sp³-hybridized carbons (Fsp3) is 0.381. The Labute approximate surface area is 162 Å². The van der Waals surface area contributed by atoms with Crippen molar-refractivity contribution in [2.45, 2.75) is 50.9 Å². The van der Waals surface area contributed by atoms with Gasteiger partial charge in [0.2, 0.25) is 0 Å². The molecule has 2 aromatic carbocycles. The van der Waals surface area contributed by atoms with Gasteiger partial charge in [-0.05, 0) is 60.4 Å². The number of ether oxygens (including phenoxy) is 1. The average molecular weight is 396 g/mol. The van der Waals surface area contributed by atoms with Crippen LogP contribution in [0.25, 0.3) is 0 Å². The Morgan fingerprint density at radius 2 is 1.74 bits per heavy atom. The molecule has 2 nitrogen and oxygen atoms in total. The topological polar surface area (TPSA) is 21.6 Å². The van der Waals surface area contributed by atoms with Crippen molar-refractivity contribution >= 4 is 17.8 Å². The van der Waals surface area contributed by atoms with E-state index >= 15 is 0 Å². The summed E-state index contributed by atoms with van der Waals surface area (Å²) in [7, 11) is 0. The first-order valence-electron chi connectivity index (χ1n) is 9.03. The lowest BCUT2D eigenvalue weighted by Crippen LogP contribution is -2.09. The van der Waals surface area contributed by atoms with Gasteiger partial charge in [0, 0.05) is 12.3 Å². The Hall–Kier alpha value is -2.01. The zero-order valence-corrected chi connectivity index (χ0v) is 15.6. The Balaban J connectivity index is 1.58. The molecule has 0 unspecified atom stereocenters. The van der Waals surface area contributed by atoms with Gasteiger partial charge in [0.25, 0.3) is 0 Å². The predicted molar refractivity (Wildman–Crippen MR) is 102 cm³/mol. The van der Waals surface area contributed by atoms with E-state index in [9.17, 15) is 13.2 Å². The van der Waals surface area contributed by atoms with Gasteiger partial charge in [-0.2, -0.15) is 13.2 Å². The maximum absolute atomic E-state index is 12.9. The lowest BCUT2D eigenvalue weighted by Gasteiger charge is -2.17. The lowest BCUT2D eigenvalue weighted by molar-refractivity contribution is -0.137. The molecule has 6 heteroatoms. The molecule has 2 aromatic rings. The highest BCUT2D eigenvalue weighted by Crippen LogP contribution is 2.35. The van der Waals surface area contributed by atoms with E-state index < -0.39 is 11.7 Å². The van der Waals surface area contributed by atoms with Gasteiger partial charge in [-0.15, -0.1) is 0 Å². The number of aliphatic imine (C=N–C) groups is 1. The molecule has 0 radical (unpaired) electrons. The van der Waals surface area contributed by atoms with Crippen molar-refractivity contribution in [3.05, 3.63) is 64.2 Å². The van der Waals surface area contributed by atoms with Crippen molar-refractivity contribution in [1.82, 2.24) is 0 Å². The molecule has 27 heavy (non-hydrogen) atoms. The van der Waals surface area contributed by atoms with Gasteiger partial charge in [0.15, 0.2) is 0 Å². The summed E-state index contributed by atoms with van der Waals surface area (Å²) < 4.78 is 44.3. The van der Waals surface area contributed by atoms with Crippen molar-refractivity contribution < 1.29 is 17.9 Å². The summed E-state index contributed by atoms with van der Waals surface area (Å²) in [5.41, 5.74) is 0.549. The van der Waals surface area contributed by atoms with Crippen molar-refractivity contribution in [1.29, 1.82) is 0 Å². The molecule has 0 spiro atoms. The molecular formula is C21H21ClF3NO. The minimum Gasteiger partial charge on any atom is -0.489 e. The third kappa shape index (κ3) is 5.73. The van der Waals surface area contributed by atoms with E-state index in [2.05, 4.69) is 4.99 Å². The van der Waals surface area contributed by atoms with Gasteiger partial charge in [0.05, 0.1) is 10.6 Å². The van der Waals surface area contributed by atoms with Gasteiger partial charge in [-0.25, -0.2) is 0 Å². The first kappa shape index (κ1) is 19.7. The molecule has 1 saturated carbocycles. The van der Waals surface area contributed by atoms with Crippen molar-refractivity contribution in [2.24, 2.45) is 4.99 Å². The maximum Gasteiger partial charge on any atom is 0.417 e. The number of alkyl halides is 3. The fourth-order valence-corrected chi connectivity index (χ4v) is 3.34. The monoisotopic (exact) mass is 395 g/mol. The molecule has 0 amide bonds. The number of hydrogen-bond donors (Lipinski definition) is 0. The highest BCUT2D eigenvalue weighted by atomic mass is 35.5. The Kier molecular flexibility index (Phi) is 6.42. The molecule has 0 N–H and O–H groups in total. The standard InChI is InChI=1S/C21H21ClF3NO/c22-20-11-8-16(12-19(20)21(23,24)25)14-27-18-9-6-15(7-10-18)13-26-17-4-2-1-3-5-17/h6-13,17H,1-5,14H2/b26-13+. The van der Waals surface area contributed by atoms with E-state index in [0.717, 1.165) is 24.5 Å².